The van der Waals surface area contributed by atoms with E-state index in [2.05, 4.69) is 11.8 Å². The first-order valence-electron chi connectivity index (χ1n) is 7.18. The molecule has 0 saturated carbocycles. The van der Waals surface area contributed by atoms with E-state index in [9.17, 15) is 4.79 Å². The van der Waals surface area contributed by atoms with Crippen LogP contribution in [0.4, 0.5) is 5.69 Å². The van der Waals surface area contributed by atoms with Crippen LogP contribution < -0.4 is 5.73 Å². The molecular weight excluding hydrogens is 309 g/mol. The van der Waals surface area contributed by atoms with Gasteiger partial charge < -0.3 is 15.5 Å². The van der Waals surface area contributed by atoms with Gasteiger partial charge in [-0.3, -0.25) is 4.79 Å². The van der Waals surface area contributed by atoms with Crippen LogP contribution in [0.3, 0.4) is 0 Å². The molecule has 0 unspecified atom stereocenters. The molecule has 1 saturated heterocycles. The van der Waals surface area contributed by atoms with Crippen molar-refractivity contribution >= 4 is 34.8 Å². The predicted molar refractivity (Wildman–Crippen MR) is 88.1 cm³/mol. The van der Waals surface area contributed by atoms with E-state index in [1.165, 1.54) is 0 Å². The van der Waals surface area contributed by atoms with Crippen molar-refractivity contribution in [2.24, 2.45) is 0 Å². The molecule has 1 amide bonds. The Labute approximate surface area is 135 Å². The van der Waals surface area contributed by atoms with Gasteiger partial charge in [0.05, 0.1) is 15.7 Å². The molecule has 1 aromatic rings. The van der Waals surface area contributed by atoms with Crippen LogP contribution in [0.2, 0.25) is 10.0 Å². The average molecular weight is 330 g/mol. The van der Waals surface area contributed by atoms with Gasteiger partial charge in [-0.15, -0.1) is 0 Å². The van der Waals surface area contributed by atoms with E-state index >= 15 is 0 Å². The molecule has 21 heavy (non-hydrogen) atoms. The van der Waals surface area contributed by atoms with Crippen LogP contribution in [-0.2, 0) is 0 Å². The van der Waals surface area contributed by atoms with E-state index in [0.717, 1.165) is 32.5 Å². The van der Waals surface area contributed by atoms with Gasteiger partial charge in [-0.2, -0.15) is 0 Å². The first-order valence-corrected chi connectivity index (χ1v) is 7.93. The van der Waals surface area contributed by atoms with Gasteiger partial charge in [0.25, 0.3) is 5.91 Å². The molecule has 1 aliphatic heterocycles. The molecule has 6 heteroatoms. The first-order chi connectivity index (χ1) is 9.93. The topological polar surface area (TPSA) is 49.6 Å². The standard InChI is InChI=1S/C15H21Cl2N3O/c1-3-20-6-4-11(5-7-20)19(2)15(21)10-8-12(16)14(17)13(18)9-10/h8-9,11H,3-7,18H2,1-2H3. The molecule has 1 fully saturated rings. The Kier molecular flexibility index (Phi) is 5.36. The van der Waals surface area contributed by atoms with E-state index in [4.69, 9.17) is 28.9 Å². The van der Waals surface area contributed by atoms with Crippen molar-refractivity contribution in [2.45, 2.75) is 25.8 Å². The van der Waals surface area contributed by atoms with E-state index in [1.807, 2.05) is 7.05 Å². The van der Waals surface area contributed by atoms with Gasteiger partial charge in [0.15, 0.2) is 0 Å². The summed E-state index contributed by atoms with van der Waals surface area (Å²) in [4.78, 5) is 16.8. The van der Waals surface area contributed by atoms with Crippen LogP contribution in [-0.4, -0.2) is 48.4 Å². The second-order valence-electron chi connectivity index (χ2n) is 5.44. The number of hydrogen-bond donors (Lipinski definition) is 1. The van der Waals surface area contributed by atoms with Crippen molar-refractivity contribution in [2.75, 3.05) is 32.4 Å². The molecular formula is C15H21Cl2N3O. The van der Waals surface area contributed by atoms with Gasteiger partial charge in [-0.1, -0.05) is 30.1 Å². The van der Waals surface area contributed by atoms with Crippen molar-refractivity contribution in [1.82, 2.24) is 9.80 Å². The number of carbonyl (C=O) groups excluding carboxylic acids is 1. The number of piperidine rings is 1. The van der Waals surface area contributed by atoms with Gasteiger partial charge in [0.1, 0.15) is 0 Å². The Hall–Kier alpha value is -0.970. The van der Waals surface area contributed by atoms with Crippen molar-refractivity contribution in [3.63, 3.8) is 0 Å². The molecule has 0 bridgehead atoms. The van der Waals surface area contributed by atoms with Crippen molar-refractivity contribution in [3.05, 3.63) is 27.7 Å². The summed E-state index contributed by atoms with van der Waals surface area (Å²) in [5.74, 6) is -0.0600. The lowest BCUT2D eigenvalue weighted by Crippen LogP contribution is -2.45. The van der Waals surface area contributed by atoms with Gasteiger partial charge in [-0.25, -0.2) is 0 Å². The maximum Gasteiger partial charge on any atom is 0.253 e. The third-order valence-electron chi connectivity index (χ3n) is 4.18. The molecule has 1 aliphatic rings. The third-order valence-corrected chi connectivity index (χ3v) is 4.99. The number of nitrogen functional groups attached to an aromatic ring is 1. The summed E-state index contributed by atoms with van der Waals surface area (Å²) in [6.45, 7) is 5.28. The smallest absolute Gasteiger partial charge is 0.253 e. The molecule has 2 rings (SSSR count). The Bertz CT molecular complexity index is 505. The molecule has 1 heterocycles. The number of likely N-dealkylation sites (tertiary alicyclic amines) is 1. The summed E-state index contributed by atoms with van der Waals surface area (Å²) < 4.78 is 0. The van der Waals surface area contributed by atoms with Gasteiger partial charge in [0, 0.05) is 31.7 Å². The largest absolute Gasteiger partial charge is 0.397 e. The number of hydrogen-bond acceptors (Lipinski definition) is 3. The maximum absolute atomic E-state index is 12.6. The number of benzene rings is 1. The summed E-state index contributed by atoms with van der Waals surface area (Å²) in [6.07, 6.45) is 1.99. The second kappa shape index (κ2) is 6.86. The lowest BCUT2D eigenvalue weighted by atomic mass is 10.0. The highest BCUT2D eigenvalue weighted by Gasteiger charge is 2.26. The summed E-state index contributed by atoms with van der Waals surface area (Å²) in [6, 6.07) is 3.44. The fourth-order valence-electron chi connectivity index (χ4n) is 2.73. The number of amides is 1. The van der Waals surface area contributed by atoms with Crippen LogP contribution >= 0.6 is 23.2 Å². The van der Waals surface area contributed by atoms with Crippen LogP contribution in [0, 0.1) is 0 Å². The number of nitrogens with zero attached hydrogens (tertiary/aromatic N) is 2. The molecule has 116 valence electrons. The first kappa shape index (κ1) is 16.4. The molecule has 1 aromatic carbocycles. The Morgan fingerprint density at radius 2 is 2.00 bits per heavy atom. The van der Waals surface area contributed by atoms with Crippen molar-refractivity contribution < 1.29 is 4.79 Å². The lowest BCUT2D eigenvalue weighted by molar-refractivity contribution is 0.0647. The molecule has 0 radical (unpaired) electrons. The van der Waals surface area contributed by atoms with Crippen LogP contribution in [0.15, 0.2) is 12.1 Å². The normalized spacial score (nSPS) is 17.0. The number of anilines is 1. The predicted octanol–water partition coefficient (Wildman–Crippen LogP) is 3.13. The zero-order valence-corrected chi connectivity index (χ0v) is 13.9. The van der Waals surface area contributed by atoms with E-state index in [-0.39, 0.29) is 11.9 Å². The summed E-state index contributed by atoms with van der Waals surface area (Å²) in [5.41, 5.74) is 6.60. The number of nitrogens with two attached hydrogens (primary N) is 1. The number of carbonyl (C=O) groups is 1. The molecule has 2 N–H and O–H groups in total. The lowest BCUT2D eigenvalue weighted by Gasteiger charge is -2.36. The maximum atomic E-state index is 12.6. The van der Waals surface area contributed by atoms with Crippen molar-refractivity contribution in [3.8, 4) is 0 Å². The molecule has 0 aromatic heterocycles. The molecule has 0 aliphatic carbocycles. The van der Waals surface area contributed by atoms with Crippen LogP contribution in [0.5, 0.6) is 0 Å². The highest BCUT2D eigenvalue weighted by molar-refractivity contribution is 6.43. The fourth-order valence-corrected chi connectivity index (χ4v) is 3.06. The highest BCUT2D eigenvalue weighted by Crippen LogP contribution is 2.30. The minimum Gasteiger partial charge on any atom is -0.397 e. The number of halogens is 2. The second-order valence-corrected chi connectivity index (χ2v) is 6.23. The Morgan fingerprint density at radius 3 is 2.52 bits per heavy atom. The Morgan fingerprint density at radius 1 is 1.38 bits per heavy atom. The number of rotatable bonds is 3. The molecule has 4 nitrogen and oxygen atoms in total. The fraction of sp³-hybridized carbons (Fsp3) is 0.533. The zero-order chi connectivity index (χ0) is 15.6. The summed E-state index contributed by atoms with van der Waals surface area (Å²) in [5, 5.41) is 0.612. The average Bonchev–Trinajstić information content (AvgIpc) is 2.50. The SMILES string of the molecule is CCN1CCC(N(C)C(=O)c2cc(N)c(Cl)c(Cl)c2)CC1. The quantitative estimate of drug-likeness (QED) is 0.866. The van der Waals surface area contributed by atoms with Gasteiger partial charge >= 0.3 is 0 Å². The van der Waals surface area contributed by atoms with E-state index in [0.29, 0.717) is 21.3 Å². The Balaban J connectivity index is 2.09. The van der Waals surface area contributed by atoms with Crippen LogP contribution in [0.25, 0.3) is 0 Å². The molecule has 0 spiro atoms. The van der Waals surface area contributed by atoms with E-state index < -0.39 is 0 Å². The monoisotopic (exact) mass is 329 g/mol. The minimum atomic E-state index is -0.0600. The van der Waals surface area contributed by atoms with Gasteiger partial charge in [0.2, 0.25) is 0 Å². The summed E-state index contributed by atoms with van der Waals surface area (Å²) in [7, 11) is 1.84. The third kappa shape index (κ3) is 3.62. The molecule has 0 atom stereocenters. The summed E-state index contributed by atoms with van der Waals surface area (Å²) >= 11 is 11.9. The van der Waals surface area contributed by atoms with Crippen molar-refractivity contribution in [1.29, 1.82) is 0 Å². The van der Waals surface area contributed by atoms with E-state index in [1.54, 1.807) is 17.0 Å². The minimum absolute atomic E-state index is 0.0600. The highest BCUT2D eigenvalue weighted by atomic mass is 35.5. The van der Waals surface area contributed by atoms with Crippen LogP contribution in [0.1, 0.15) is 30.1 Å². The zero-order valence-electron chi connectivity index (χ0n) is 12.4. The van der Waals surface area contributed by atoms with Gasteiger partial charge in [-0.05, 0) is 31.5 Å².